The van der Waals surface area contributed by atoms with E-state index in [1.807, 2.05) is 0 Å². The van der Waals surface area contributed by atoms with Crippen LogP contribution in [0.1, 0.15) is 0 Å². The van der Waals surface area contributed by atoms with Crippen LogP contribution in [0, 0.1) is 0 Å². The molecule has 0 aliphatic heterocycles. The largest absolute Gasteiger partial charge is 1.00 e. The molecule has 0 atom stereocenters. The topological polar surface area (TPSA) is 105 Å². The van der Waals surface area contributed by atoms with E-state index in [9.17, 15) is 0 Å². The number of rotatable bonds is 0. The third-order valence-electron chi connectivity index (χ3n) is 0. The van der Waals surface area contributed by atoms with Gasteiger partial charge in [-0.3, -0.25) is 0 Å². The fraction of sp³-hybridized carbons (Fsp3) is 0. The molecule has 0 aliphatic rings. The average Bonchev–Trinajstić information content (AvgIpc) is 0. The van der Waals surface area contributed by atoms with Crippen LogP contribution in [-0.2, 0) is 0 Å². The van der Waals surface area contributed by atoms with Gasteiger partial charge in [-0.25, -0.2) is 0 Å². The van der Waals surface area contributed by atoms with Gasteiger partial charge in [0.2, 0.25) is 0 Å². The van der Waals surface area contributed by atoms with Crippen LogP contribution in [0.2, 0.25) is 0 Å². The van der Waals surface area contributed by atoms with E-state index < -0.39 is 0 Å². The van der Waals surface area contributed by atoms with Crippen molar-refractivity contribution < 1.29 is 51.4 Å². The quantitative estimate of drug-likeness (QED) is 0.286. The summed E-state index contributed by atoms with van der Waals surface area (Å²) in [6, 6.07) is 0. The molecular formula is H9KN3+. The molecule has 0 radical (unpaired) electrons. The number of hydrogen-bond donors (Lipinski definition) is 3. The Labute approximate surface area is 68.7 Å². The summed E-state index contributed by atoms with van der Waals surface area (Å²) >= 11 is 0. The van der Waals surface area contributed by atoms with E-state index in [4.69, 9.17) is 0 Å². The predicted octanol–water partition coefficient (Wildman–Crippen LogP) is -2.51. The molecule has 3 nitrogen and oxygen atoms in total. The van der Waals surface area contributed by atoms with Gasteiger partial charge in [0.05, 0.1) is 0 Å². The van der Waals surface area contributed by atoms with Gasteiger partial charge in [-0.1, -0.05) is 0 Å². The van der Waals surface area contributed by atoms with Crippen LogP contribution in [0.15, 0.2) is 0 Å². The summed E-state index contributed by atoms with van der Waals surface area (Å²) < 4.78 is 0. The van der Waals surface area contributed by atoms with Gasteiger partial charge in [-0.05, 0) is 0 Å². The molecule has 0 spiro atoms. The van der Waals surface area contributed by atoms with E-state index in [2.05, 4.69) is 0 Å². The van der Waals surface area contributed by atoms with Crippen LogP contribution < -0.4 is 69.8 Å². The SMILES string of the molecule is N.N.N.[K+]. The van der Waals surface area contributed by atoms with Gasteiger partial charge in [0.15, 0.2) is 0 Å². The Morgan fingerprint density at radius 1 is 0.500 bits per heavy atom. The maximum atomic E-state index is 0. The van der Waals surface area contributed by atoms with Crippen LogP contribution in [0.5, 0.6) is 0 Å². The fourth-order valence-electron chi connectivity index (χ4n) is 0. The van der Waals surface area contributed by atoms with Gasteiger partial charge >= 0.3 is 51.4 Å². The van der Waals surface area contributed by atoms with E-state index in [1.165, 1.54) is 0 Å². The second kappa shape index (κ2) is 24.3. The second-order valence-electron chi connectivity index (χ2n) is 0. The third kappa shape index (κ3) is 9.68. The van der Waals surface area contributed by atoms with Crippen molar-refractivity contribution in [1.29, 1.82) is 0 Å². The number of hydrogen-bond acceptors (Lipinski definition) is 3. The van der Waals surface area contributed by atoms with Gasteiger partial charge in [0, 0.05) is 0 Å². The zero-order valence-corrected chi connectivity index (χ0v) is 6.24. The maximum absolute atomic E-state index is 0. The van der Waals surface area contributed by atoms with Crippen molar-refractivity contribution in [3.63, 3.8) is 0 Å². The molecule has 0 saturated heterocycles. The zero-order valence-electron chi connectivity index (χ0n) is 3.12. The molecule has 9 N–H and O–H groups in total. The van der Waals surface area contributed by atoms with Crippen molar-refractivity contribution in [2.24, 2.45) is 0 Å². The van der Waals surface area contributed by atoms with Crippen LogP contribution >= 0.6 is 0 Å². The molecule has 0 heterocycles. The van der Waals surface area contributed by atoms with Crippen molar-refractivity contribution in [1.82, 2.24) is 18.5 Å². The van der Waals surface area contributed by atoms with Gasteiger partial charge in [-0.15, -0.1) is 0 Å². The van der Waals surface area contributed by atoms with Crippen molar-refractivity contribution in [2.75, 3.05) is 0 Å². The van der Waals surface area contributed by atoms with Crippen molar-refractivity contribution in [3.8, 4) is 0 Å². The molecule has 0 aromatic rings. The standard InChI is InChI=1S/K.3H3N/h;3*1H3/q+1;;;. The maximum Gasteiger partial charge on any atom is 1.00 e. The van der Waals surface area contributed by atoms with Gasteiger partial charge < -0.3 is 18.5 Å². The van der Waals surface area contributed by atoms with E-state index in [1.54, 1.807) is 0 Å². The van der Waals surface area contributed by atoms with E-state index in [0.29, 0.717) is 0 Å². The molecule has 0 amide bonds. The molecule has 0 aromatic carbocycles. The predicted molar refractivity (Wildman–Crippen MR) is 15.1 cm³/mol. The summed E-state index contributed by atoms with van der Waals surface area (Å²) in [5.74, 6) is 0. The summed E-state index contributed by atoms with van der Waals surface area (Å²) in [4.78, 5) is 0. The summed E-state index contributed by atoms with van der Waals surface area (Å²) in [5, 5.41) is 0. The molecule has 4 heteroatoms. The van der Waals surface area contributed by atoms with E-state index in [-0.39, 0.29) is 69.8 Å². The van der Waals surface area contributed by atoms with Crippen molar-refractivity contribution in [2.45, 2.75) is 0 Å². The molecule has 0 unspecified atom stereocenters. The first kappa shape index (κ1) is 48.9. The molecule has 0 fully saturated rings. The normalized spacial score (nSPS) is 0. The van der Waals surface area contributed by atoms with Crippen LogP contribution in [0.3, 0.4) is 0 Å². The second-order valence-corrected chi connectivity index (χ2v) is 0. The Morgan fingerprint density at radius 3 is 0.500 bits per heavy atom. The molecule has 24 valence electrons. The van der Waals surface area contributed by atoms with Crippen LogP contribution in [0.25, 0.3) is 0 Å². The van der Waals surface area contributed by atoms with E-state index >= 15 is 0 Å². The minimum atomic E-state index is 0. The molecule has 0 bridgehead atoms. The molecule has 0 aliphatic carbocycles. The minimum absolute atomic E-state index is 0. The first-order chi connectivity index (χ1) is 0. The molecule has 4 heavy (non-hydrogen) atoms. The van der Waals surface area contributed by atoms with Gasteiger partial charge in [0.25, 0.3) is 0 Å². The first-order valence-corrected chi connectivity index (χ1v) is 0. The fourth-order valence-corrected chi connectivity index (χ4v) is 0. The summed E-state index contributed by atoms with van der Waals surface area (Å²) in [5.41, 5.74) is 0. The Morgan fingerprint density at radius 2 is 0.500 bits per heavy atom. The molecule has 0 aromatic heterocycles. The first-order valence-electron chi connectivity index (χ1n) is 0. The zero-order chi connectivity index (χ0) is 0. The van der Waals surface area contributed by atoms with Crippen molar-refractivity contribution >= 4 is 0 Å². The van der Waals surface area contributed by atoms with E-state index in [0.717, 1.165) is 0 Å². The Kier molecular flexibility index (Phi) is 297. The average molecular weight is 90.2 g/mol. The molecule has 0 saturated carbocycles. The van der Waals surface area contributed by atoms with Gasteiger partial charge in [-0.2, -0.15) is 0 Å². The van der Waals surface area contributed by atoms with Crippen LogP contribution in [-0.4, -0.2) is 0 Å². The summed E-state index contributed by atoms with van der Waals surface area (Å²) in [7, 11) is 0. The van der Waals surface area contributed by atoms with Crippen molar-refractivity contribution in [3.05, 3.63) is 0 Å². The third-order valence-corrected chi connectivity index (χ3v) is 0. The summed E-state index contributed by atoms with van der Waals surface area (Å²) in [6.07, 6.45) is 0. The Bertz CT molecular complexity index is 3.25. The Hall–Kier alpha value is 1.52. The monoisotopic (exact) mass is 90.0 g/mol. The van der Waals surface area contributed by atoms with Gasteiger partial charge in [0.1, 0.15) is 0 Å². The Balaban J connectivity index is 0. The molecule has 0 rings (SSSR count). The summed E-state index contributed by atoms with van der Waals surface area (Å²) in [6.45, 7) is 0. The smallest absolute Gasteiger partial charge is 0.344 e. The molecular weight excluding hydrogens is 81.1 g/mol. The minimum Gasteiger partial charge on any atom is -0.344 e. The van der Waals surface area contributed by atoms with Crippen LogP contribution in [0.4, 0.5) is 0 Å².